The Kier molecular flexibility index (Phi) is 8.80. The van der Waals surface area contributed by atoms with Gasteiger partial charge in [0.25, 0.3) is 0 Å². The molecule has 220 valence electrons. The van der Waals surface area contributed by atoms with Crippen LogP contribution in [-0.4, -0.2) is 62.4 Å². The molecule has 1 fully saturated rings. The third-order valence-corrected chi connectivity index (χ3v) is 8.96. The summed E-state index contributed by atoms with van der Waals surface area (Å²) in [7, 11) is 3.87. The van der Waals surface area contributed by atoms with Gasteiger partial charge in [-0.25, -0.2) is 0 Å². The molecule has 2 aliphatic rings. The maximum Gasteiger partial charge on any atom is 0.222 e. The number of para-hydroxylation sites is 1. The normalized spacial score (nSPS) is 16.9. The van der Waals surface area contributed by atoms with Gasteiger partial charge >= 0.3 is 0 Å². The van der Waals surface area contributed by atoms with Gasteiger partial charge < -0.3 is 23.8 Å². The first-order chi connectivity index (χ1) is 20.6. The minimum atomic E-state index is 0.289. The molecule has 1 atom stereocenters. The lowest BCUT2D eigenvalue weighted by molar-refractivity contribution is -0.132. The lowest BCUT2D eigenvalue weighted by Gasteiger charge is -2.33. The highest BCUT2D eigenvalue weighted by Gasteiger charge is 2.27. The molecule has 0 N–H and O–H groups in total. The molecule has 0 saturated carbocycles. The molecule has 0 radical (unpaired) electrons. The molecule has 6 heteroatoms. The number of aromatic nitrogens is 1. The lowest BCUT2D eigenvalue weighted by atomic mass is 9.94. The monoisotopic (exact) mass is 565 g/mol. The Morgan fingerprint density at radius 3 is 2.67 bits per heavy atom. The Hall–Kier alpha value is -3.77. The Balaban J connectivity index is 1.04. The zero-order valence-corrected chi connectivity index (χ0v) is 25.1. The fourth-order valence-corrected chi connectivity index (χ4v) is 6.63. The number of aryl methyl sites for hydroxylation is 2. The van der Waals surface area contributed by atoms with Crippen molar-refractivity contribution in [1.29, 1.82) is 0 Å². The van der Waals surface area contributed by atoms with Gasteiger partial charge in [0.05, 0.1) is 12.2 Å². The number of benzene rings is 3. The number of carbonyl (C=O) groups is 1. The number of fused-ring (bicyclic) bond motifs is 2. The largest absolute Gasteiger partial charge is 0.490 e. The number of rotatable bonds is 10. The first kappa shape index (κ1) is 28.4. The molecule has 1 amide bonds. The number of piperidine rings is 1. The van der Waals surface area contributed by atoms with E-state index in [9.17, 15) is 4.79 Å². The van der Waals surface area contributed by atoms with Crippen LogP contribution in [0.5, 0.6) is 5.75 Å². The zero-order valence-electron chi connectivity index (χ0n) is 25.1. The molecule has 42 heavy (non-hydrogen) atoms. The van der Waals surface area contributed by atoms with Crippen molar-refractivity contribution in [2.24, 2.45) is 0 Å². The number of anilines is 1. The summed E-state index contributed by atoms with van der Waals surface area (Å²) < 4.78 is 13.7. The van der Waals surface area contributed by atoms with Crippen LogP contribution in [0.15, 0.2) is 72.8 Å². The number of likely N-dealkylation sites (N-methyl/N-ethyl adjacent to an activating group) is 1. The molecule has 1 saturated heterocycles. The van der Waals surface area contributed by atoms with Gasteiger partial charge in [-0.3, -0.25) is 4.79 Å². The van der Waals surface area contributed by atoms with Crippen molar-refractivity contribution >= 4 is 22.5 Å². The molecule has 4 aromatic rings. The predicted octanol–water partition coefficient (Wildman–Crippen LogP) is 6.90. The molecule has 0 bridgehead atoms. The second-order valence-electron chi connectivity index (χ2n) is 11.8. The van der Waals surface area contributed by atoms with Crippen molar-refractivity contribution < 1.29 is 14.3 Å². The number of nitrogens with zero attached hydrogens (tertiary/aromatic N) is 3. The number of methoxy groups -OCH3 is 1. The minimum absolute atomic E-state index is 0.289. The van der Waals surface area contributed by atoms with Crippen LogP contribution >= 0.6 is 0 Å². The maximum absolute atomic E-state index is 13.3. The van der Waals surface area contributed by atoms with Gasteiger partial charge in [0.1, 0.15) is 12.4 Å². The highest BCUT2D eigenvalue weighted by molar-refractivity contribution is 5.82. The molecule has 3 aromatic carbocycles. The lowest BCUT2D eigenvalue weighted by Crippen LogP contribution is -2.39. The smallest absolute Gasteiger partial charge is 0.222 e. The minimum Gasteiger partial charge on any atom is -0.490 e. The average Bonchev–Trinajstić information content (AvgIpc) is 3.40. The van der Waals surface area contributed by atoms with Crippen LogP contribution in [0.1, 0.15) is 49.3 Å². The molecule has 6 nitrogen and oxygen atoms in total. The highest BCUT2D eigenvalue weighted by Crippen LogP contribution is 2.35. The van der Waals surface area contributed by atoms with Gasteiger partial charge in [0, 0.05) is 63.9 Å². The Labute approximate surface area is 249 Å². The van der Waals surface area contributed by atoms with E-state index in [1.54, 1.807) is 7.11 Å². The van der Waals surface area contributed by atoms with Gasteiger partial charge in [-0.1, -0.05) is 48.5 Å². The van der Waals surface area contributed by atoms with Crippen LogP contribution < -0.4 is 9.64 Å². The van der Waals surface area contributed by atoms with Crippen molar-refractivity contribution in [2.75, 3.05) is 51.9 Å². The van der Waals surface area contributed by atoms with E-state index in [1.165, 1.54) is 33.3 Å². The van der Waals surface area contributed by atoms with Crippen molar-refractivity contribution in [3.63, 3.8) is 0 Å². The quantitative estimate of drug-likeness (QED) is 0.196. The van der Waals surface area contributed by atoms with Crippen LogP contribution in [0.25, 0.3) is 22.0 Å². The van der Waals surface area contributed by atoms with E-state index in [4.69, 9.17) is 9.47 Å². The zero-order chi connectivity index (χ0) is 28.9. The number of likely N-dealkylation sites (tertiary alicyclic amines) is 1. The number of amides is 1. The van der Waals surface area contributed by atoms with Gasteiger partial charge in [-0.05, 0) is 78.4 Å². The summed E-state index contributed by atoms with van der Waals surface area (Å²) in [5.74, 6) is 1.62. The summed E-state index contributed by atoms with van der Waals surface area (Å²) in [6.45, 7) is 5.02. The summed E-state index contributed by atoms with van der Waals surface area (Å²) >= 11 is 0. The molecular weight excluding hydrogens is 522 g/mol. The molecule has 6 rings (SSSR count). The summed E-state index contributed by atoms with van der Waals surface area (Å²) in [4.78, 5) is 17.7. The van der Waals surface area contributed by atoms with E-state index in [-0.39, 0.29) is 5.91 Å². The molecule has 3 heterocycles. The summed E-state index contributed by atoms with van der Waals surface area (Å²) in [5.41, 5.74) is 7.43. The van der Waals surface area contributed by atoms with Crippen LogP contribution in [0.2, 0.25) is 0 Å². The van der Waals surface area contributed by atoms with Gasteiger partial charge in [-0.2, -0.15) is 0 Å². The summed E-state index contributed by atoms with van der Waals surface area (Å²) in [6, 6.07) is 26.2. The van der Waals surface area contributed by atoms with E-state index in [1.807, 2.05) is 0 Å². The molecular formula is C36H43N3O3. The van der Waals surface area contributed by atoms with Crippen LogP contribution in [0, 0.1) is 0 Å². The first-order valence-electron chi connectivity index (χ1n) is 15.5. The van der Waals surface area contributed by atoms with Gasteiger partial charge in [0.15, 0.2) is 0 Å². The molecule has 2 aliphatic heterocycles. The third-order valence-electron chi connectivity index (χ3n) is 8.96. The Morgan fingerprint density at radius 2 is 1.81 bits per heavy atom. The summed E-state index contributed by atoms with van der Waals surface area (Å²) in [5, 5.41) is 1.28. The Bertz CT molecular complexity index is 1510. The van der Waals surface area contributed by atoms with Crippen LogP contribution in [0.4, 0.5) is 5.69 Å². The van der Waals surface area contributed by atoms with E-state index < -0.39 is 0 Å². The SMILES string of the molecule is COCCCn1c(C2CCCN(C(=O)CCCc3ccc(-c4ccc5c(c4)OCCN5C)cc3)C2)cc2ccccc21. The van der Waals surface area contributed by atoms with Crippen molar-refractivity contribution in [2.45, 2.75) is 51.0 Å². The summed E-state index contributed by atoms with van der Waals surface area (Å²) in [6.07, 6.45) is 5.55. The number of carbonyl (C=O) groups excluding carboxylic acids is 1. The second-order valence-corrected chi connectivity index (χ2v) is 11.8. The number of hydrogen-bond donors (Lipinski definition) is 0. The van der Waals surface area contributed by atoms with Crippen molar-refractivity contribution in [1.82, 2.24) is 9.47 Å². The van der Waals surface area contributed by atoms with Crippen molar-refractivity contribution in [3.05, 3.63) is 84.1 Å². The van der Waals surface area contributed by atoms with E-state index in [0.717, 1.165) is 82.9 Å². The topological polar surface area (TPSA) is 46.9 Å². The van der Waals surface area contributed by atoms with E-state index in [0.29, 0.717) is 12.3 Å². The van der Waals surface area contributed by atoms with Gasteiger partial charge in [0.2, 0.25) is 5.91 Å². The van der Waals surface area contributed by atoms with Crippen LogP contribution in [0.3, 0.4) is 0 Å². The fourth-order valence-electron chi connectivity index (χ4n) is 6.63. The molecule has 1 aromatic heterocycles. The highest BCUT2D eigenvalue weighted by atomic mass is 16.5. The Morgan fingerprint density at radius 1 is 0.976 bits per heavy atom. The predicted molar refractivity (Wildman–Crippen MR) is 171 cm³/mol. The third kappa shape index (κ3) is 6.19. The fraction of sp³-hybridized carbons (Fsp3) is 0.417. The molecule has 1 unspecified atom stereocenters. The second kappa shape index (κ2) is 13.0. The number of ether oxygens (including phenoxy) is 2. The van der Waals surface area contributed by atoms with Gasteiger partial charge in [-0.15, -0.1) is 0 Å². The van der Waals surface area contributed by atoms with Crippen molar-refractivity contribution in [3.8, 4) is 16.9 Å². The van der Waals surface area contributed by atoms with E-state index in [2.05, 4.69) is 94.2 Å². The molecule has 0 aliphatic carbocycles. The molecule has 0 spiro atoms. The van der Waals surface area contributed by atoms with Crippen LogP contribution in [-0.2, 0) is 22.5 Å². The maximum atomic E-state index is 13.3. The average molecular weight is 566 g/mol. The van der Waals surface area contributed by atoms with E-state index >= 15 is 0 Å². The standard InChI is InChI=1S/C36H43N3O3/c1-37-21-23-42-35-25-29(17-18-33(35)37)28-15-13-27(14-16-28)8-5-12-36(40)38-19-6-10-31(26-38)34-24-30-9-3-4-11-32(30)39(34)20-7-22-41-2/h3-4,9,11,13-18,24-25,31H,5-8,10,12,19-23,26H2,1-2H3. The number of hydrogen-bond acceptors (Lipinski definition) is 4. The first-order valence-corrected chi connectivity index (χ1v) is 15.5.